The minimum Gasteiger partial charge on any atom is -0.364 e. The van der Waals surface area contributed by atoms with E-state index in [0.717, 1.165) is 42.7 Å². The minimum atomic E-state index is -0.196. The van der Waals surface area contributed by atoms with Crippen LogP contribution in [0.3, 0.4) is 0 Å². The molecule has 3 aromatic rings. The molecule has 1 atom stereocenters. The van der Waals surface area contributed by atoms with Gasteiger partial charge in [0.1, 0.15) is 18.4 Å². The zero-order chi connectivity index (χ0) is 17.1. The minimum absolute atomic E-state index is 0.196. The van der Waals surface area contributed by atoms with Crippen LogP contribution in [0.1, 0.15) is 23.3 Å². The lowest BCUT2D eigenvalue weighted by Crippen LogP contribution is -2.41. The summed E-state index contributed by atoms with van der Waals surface area (Å²) in [5.41, 5.74) is 1.27. The van der Waals surface area contributed by atoms with E-state index in [0.29, 0.717) is 18.2 Å². The van der Waals surface area contributed by atoms with E-state index in [1.54, 1.807) is 12.4 Å². The van der Waals surface area contributed by atoms with Crippen LogP contribution in [0.25, 0.3) is 10.9 Å². The predicted octanol–water partition coefficient (Wildman–Crippen LogP) is 2.26. The maximum Gasteiger partial charge on any atom is 0.273 e. The highest BCUT2D eigenvalue weighted by Crippen LogP contribution is 2.27. The summed E-state index contributed by atoms with van der Waals surface area (Å²) in [5.74, 6) is 1.15. The molecular weight excluding hydrogens is 318 g/mol. The molecule has 1 aliphatic heterocycles. The van der Waals surface area contributed by atoms with Gasteiger partial charge >= 0.3 is 0 Å². The van der Waals surface area contributed by atoms with Crippen molar-refractivity contribution in [3.63, 3.8) is 0 Å². The molecular formula is C18H19N5O2. The molecule has 0 bridgehead atoms. The number of hydrogen-bond donors (Lipinski definition) is 1. The fourth-order valence-electron chi connectivity index (χ4n) is 3.32. The predicted molar refractivity (Wildman–Crippen MR) is 93.3 cm³/mol. The number of anilines is 1. The molecule has 4 rings (SSSR count). The number of aromatic nitrogens is 3. The molecule has 1 unspecified atom stereocenters. The van der Waals surface area contributed by atoms with Crippen molar-refractivity contribution in [1.82, 2.24) is 20.4 Å². The Balaban J connectivity index is 1.45. The van der Waals surface area contributed by atoms with E-state index < -0.39 is 0 Å². The van der Waals surface area contributed by atoms with Crippen LogP contribution in [0.2, 0.25) is 0 Å². The van der Waals surface area contributed by atoms with Gasteiger partial charge in [0.25, 0.3) is 5.91 Å². The van der Waals surface area contributed by atoms with Crippen molar-refractivity contribution in [2.75, 3.05) is 24.5 Å². The van der Waals surface area contributed by atoms with Gasteiger partial charge in [-0.15, -0.1) is 0 Å². The average Bonchev–Trinajstić information content (AvgIpc) is 3.21. The lowest BCUT2D eigenvalue weighted by Gasteiger charge is -2.34. The van der Waals surface area contributed by atoms with E-state index in [1.165, 1.54) is 6.26 Å². The van der Waals surface area contributed by atoms with E-state index in [4.69, 9.17) is 4.52 Å². The summed E-state index contributed by atoms with van der Waals surface area (Å²) in [7, 11) is 0. The number of nitrogens with zero attached hydrogens (tertiary/aromatic N) is 4. The van der Waals surface area contributed by atoms with Gasteiger partial charge in [-0.25, -0.2) is 9.97 Å². The average molecular weight is 337 g/mol. The molecule has 1 amide bonds. The van der Waals surface area contributed by atoms with Gasteiger partial charge in [0.2, 0.25) is 0 Å². The number of benzene rings is 1. The zero-order valence-electron chi connectivity index (χ0n) is 13.8. The first kappa shape index (κ1) is 15.6. The number of hydrogen-bond acceptors (Lipinski definition) is 6. The van der Waals surface area contributed by atoms with Crippen molar-refractivity contribution in [3.8, 4) is 0 Å². The van der Waals surface area contributed by atoms with Gasteiger partial charge in [-0.1, -0.05) is 17.3 Å². The molecule has 7 heteroatoms. The lowest BCUT2D eigenvalue weighted by atomic mass is 9.97. The first-order valence-electron chi connectivity index (χ1n) is 8.44. The summed E-state index contributed by atoms with van der Waals surface area (Å²) in [6.45, 7) is 2.44. The van der Waals surface area contributed by atoms with Crippen molar-refractivity contribution in [3.05, 3.63) is 48.6 Å². The lowest BCUT2D eigenvalue weighted by molar-refractivity contribution is 0.0936. The molecule has 7 nitrogen and oxygen atoms in total. The highest BCUT2D eigenvalue weighted by atomic mass is 16.5. The molecule has 1 saturated heterocycles. The Kier molecular flexibility index (Phi) is 4.28. The van der Waals surface area contributed by atoms with Gasteiger partial charge in [-0.3, -0.25) is 4.79 Å². The Morgan fingerprint density at radius 1 is 1.28 bits per heavy atom. The highest BCUT2D eigenvalue weighted by Gasteiger charge is 2.23. The van der Waals surface area contributed by atoms with E-state index >= 15 is 0 Å². The normalized spacial score (nSPS) is 17.6. The fourth-order valence-corrected chi connectivity index (χ4v) is 3.32. The maximum absolute atomic E-state index is 12.0. The molecule has 1 aromatic carbocycles. The number of nitrogens with one attached hydrogen (secondary N) is 1. The van der Waals surface area contributed by atoms with Crippen LogP contribution in [0, 0.1) is 5.92 Å². The molecule has 0 aliphatic carbocycles. The summed E-state index contributed by atoms with van der Waals surface area (Å²) < 4.78 is 4.71. The molecule has 2 aromatic heterocycles. The van der Waals surface area contributed by atoms with Crippen molar-refractivity contribution in [2.45, 2.75) is 12.8 Å². The molecule has 25 heavy (non-hydrogen) atoms. The molecule has 1 N–H and O–H groups in total. The smallest absolute Gasteiger partial charge is 0.273 e. The Morgan fingerprint density at radius 2 is 2.20 bits per heavy atom. The first-order valence-corrected chi connectivity index (χ1v) is 8.44. The molecule has 0 spiro atoms. The van der Waals surface area contributed by atoms with Crippen molar-refractivity contribution in [2.24, 2.45) is 5.92 Å². The summed E-state index contributed by atoms with van der Waals surface area (Å²) in [6.07, 6.45) is 5.17. The molecule has 128 valence electrons. The van der Waals surface area contributed by atoms with Crippen LogP contribution in [-0.2, 0) is 0 Å². The number of piperidine rings is 1. The van der Waals surface area contributed by atoms with E-state index in [2.05, 4.69) is 31.4 Å². The number of fused-ring (bicyclic) bond motifs is 1. The topological polar surface area (TPSA) is 84.2 Å². The summed E-state index contributed by atoms with van der Waals surface area (Å²) in [5, 5.41) is 7.67. The summed E-state index contributed by atoms with van der Waals surface area (Å²) >= 11 is 0. The quantitative estimate of drug-likeness (QED) is 0.786. The number of rotatable bonds is 4. The summed E-state index contributed by atoms with van der Waals surface area (Å²) in [4.78, 5) is 23.1. The van der Waals surface area contributed by atoms with E-state index in [9.17, 15) is 4.79 Å². The third-order valence-corrected chi connectivity index (χ3v) is 4.56. The fraction of sp³-hybridized carbons (Fsp3) is 0.333. The third kappa shape index (κ3) is 3.31. The van der Waals surface area contributed by atoms with Crippen molar-refractivity contribution in [1.29, 1.82) is 0 Å². The van der Waals surface area contributed by atoms with Crippen molar-refractivity contribution < 1.29 is 9.32 Å². The van der Waals surface area contributed by atoms with Crippen LogP contribution in [0.5, 0.6) is 0 Å². The number of carbonyl (C=O) groups excluding carboxylic acids is 1. The van der Waals surface area contributed by atoms with Gasteiger partial charge in [-0.2, -0.15) is 0 Å². The van der Waals surface area contributed by atoms with E-state index in [1.807, 2.05) is 18.2 Å². The highest BCUT2D eigenvalue weighted by molar-refractivity contribution is 5.92. The van der Waals surface area contributed by atoms with Gasteiger partial charge in [0.05, 0.1) is 5.52 Å². The number of carbonyl (C=O) groups is 1. The van der Waals surface area contributed by atoms with Crippen LogP contribution in [0.4, 0.5) is 5.82 Å². The van der Waals surface area contributed by atoms with Crippen LogP contribution < -0.4 is 10.2 Å². The molecule has 0 saturated carbocycles. The zero-order valence-corrected chi connectivity index (χ0v) is 13.8. The SMILES string of the molecule is O=C(NCC1CCCN(c2ncnc3ccccc23)C1)c1ccon1. The molecule has 1 aliphatic rings. The van der Waals surface area contributed by atoms with Crippen LogP contribution in [0.15, 0.2) is 47.4 Å². The Hall–Kier alpha value is -2.96. The second-order valence-electron chi connectivity index (χ2n) is 6.26. The first-order chi connectivity index (χ1) is 12.3. The Labute approximate surface area is 145 Å². The van der Waals surface area contributed by atoms with Crippen LogP contribution >= 0.6 is 0 Å². The molecule has 0 radical (unpaired) electrons. The summed E-state index contributed by atoms with van der Waals surface area (Å²) in [6, 6.07) is 9.61. The molecule has 1 fully saturated rings. The number of amides is 1. The second kappa shape index (κ2) is 6.88. The monoisotopic (exact) mass is 337 g/mol. The van der Waals surface area contributed by atoms with Gasteiger partial charge in [0.15, 0.2) is 5.69 Å². The van der Waals surface area contributed by atoms with Gasteiger partial charge in [-0.05, 0) is 30.9 Å². The standard InChI is InChI=1S/C18H19N5O2/c24-18(16-7-9-25-22-16)19-10-13-4-3-8-23(11-13)17-14-5-1-2-6-15(14)20-12-21-17/h1-2,5-7,9,12-13H,3-4,8,10-11H2,(H,19,24). The maximum atomic E-state index is 12.0. The second-order valence-corrected chi connectivity index (χ2v) is 6.26. The van der Waals surface area contributed by atoms with Gasteiger partial charge < -0.3 is 14.7 Å². The molecule has 3 heterocycles. The third-order valence-electron chi connectivity index (χ3n) is 4.56. The Bertz CT molecular complexity index is 860. The number of para-hydroxylation sites is 1. The van der Waals surface area contributed by atoms with E-state index in [-0.39, 0.29) is 5.91 Å². The van der Waals surface area contributed by atoms with Gasteiger partial charge in [0, 0.05) is 31.1 Å². The van der Waals surface area contributed by atoms with Crippen molar-refractivity contribution >= 4 is 22.6 Å². The Morgan fingerprint density at radius 3 is 3.08 bits per heavy atom. The largest absolute Gasteiger partial charge is 0.364 e. The van der Waals surface area contributed by atoms with Crippen LogP contribution in [-0.4, -0.2) is 40.7 Å².